The van der Waals surface area contributed by atoms with Gasteiger partial charge in [0.2, 0.25) is 0 Å². The van der Waals surface area contributed by atoms with Crippen molar-refractivity contribution in [1.29, 1.82) is 0 Å². The van der Waals surface area contributed by atoms with Crippen molar-refractivity contribution in [2.75, 3.05) is 7.05 Å². The minimum atomic E-state index is 0.254. The Kier molecular flexibility index (Phi) is 3.29. The van der Waals surface area contributed by atoms with Crippen LogP contribution in [0.4, 0.5) is 0 Å². The van der Waals surface area contributed by atoms with E-state index in [4.69, 9.17) is 4.42 Å². The van der Waals surface area contributed by atoms with E-state index in [2.05, 4.69) is 28.5 Å². The first-order valence-electron chi connectivity index (χ1n) is 6.40. The highest BCUT2D eigenvalue weighted by Gasteiger charge is 2.13. The quantitative estimate of drug-likeness (QED) is 0.774. The first kappa shape index (κ1) is 11.9. The van der Waals surface area contributed by atoms with Crippen molar-refractivity contribution >= 4 is 10.9 Å². The van der Waals surface area contributed by atoms with E-state index in [0.29, 0.717) is 0 Å². The second-order valence-electron chi connectivity index (χ2n) is 4.59. The molecule has 0 spiro atoms. The van der Waals surface area contributed by atoms with E-state index in [1.165, 1.54) is 16.5 Å². The van der Waals surface area contributed by atoms with Gasteiger partial charge >= 0.3 is 0 Å². The summed E-state index contributed by atoms with van der Waals surface area (Å²) in [5, 5.41) is 4.55. The molecule has 0 fully saturated rings. The number of hydrogen-bond donors (Lipinski definition) is 1. The smallest absolute Gasteiger partial charge is 0.0950 e. The van der Waals surface area contributed by atoms with Gasteiger partial charge in [-0.2, -0.15) is 0 Å². The van der Waals surface area contributed by atoms with Gasteiger partial charge in [-0.25, -0.2) is 0 Å². The number of benzene rings is 1. The lowest BCUT2D eigenvalue weighted by Gasteiger charge is -2.15. The molecule has 0 radical (unpaired) electrons. The molecule has 0 saturated heterocycles. The Labute approximate surface area is 112 Å². The lowest BCUT2D eigenvalue weighted by Crippen LogP contribution is -2.18. The second kappa shape index (κ2) is 5.24. The van der Waals surface area contributed by atoms with E-state index in [1.54, 1.807) is 12.5 Å². The summed E-state index contributed by atoms with van der Waals surface area (Å²) in [5.41, 5.74) is 3.51. The summed E-state index contributed by atoms with van der Waals surface area (Å²) in [6.45, 7) is 0. The average molecular weight is 252 g/mol. The molecule has 1 atom stereocenters. The molecule has 3 rings (SSSR count). The number of pyridine rings is 1. The molecule has 1 aromatic carbocycles. The summed E-state index contributed by atoms with van der Waals surface area (Å²) >= 11 is 0. The van der Waals surface area contributed by atoms with E-state index in [9.17, 15) is 0 Å². The molecule has 0 amide bonds. The third-order valence-electron chi connectivity index (χ3n) is 3.46. The first-order valence-corrected chi connectivity index (χ1v) is 6.40. The van der Waals surface area contributed by atoms with E-state index >= 15 is 0 Å². The molecular weight excluding hydrogens is 236 g/mol. The normalized spacial score (nSPS) is 12.7. The fourth-order valence-corrected chi connectivity index (χ4v) is 2.41. The fourth-order valence-electron chi connectivity index (χ4n) is 2.41. The van der Waals surface area contributed by atoms with Crippen molar-refractivity contribution in [2.24, 2.45) is 0 Å². The Morgan fingerprint density at radius 1 is 1.21 bits per heavy atom. The maximum absolute atomic E-state index is 5.17. The van der Waals surface area contributed by atoms with E-state index in [1.807, 2.05) is 31.4 Å². The van der Waals surface area contributed by atoms with Crippen LogP contribution in [0.15, 0.2) is 59.5 Å². The minimum absolute atomic E-state index is 0.254. The third kappa shape index (κ3) is 2.37. The van der Waals surface area contributed by atoms with Gasteiger partial charge in [0.05, 0.1) is 18.0 Å². The molecule has 0 saturated carbocycles. The Bertz CT molecular complexity index is 656. The van der Waals surface area contributed by atoms with Crippen LogP contribution >= 0.6 is 0 Å². The lowest BCUT2D eigenvalue weighted by atomic mass is 9.98. The second-order valence-corrected chi connectivity index (χ2v) is 4.59. The molecule has 0 aliphatic rings. The lowest BCUT2D eigenvalue weighted by molar-refractivity contribution is 0.543. The van der Waals surface area contributed by atoms with Crippen molar-refractivity contribution in [3.05, 3.63) is 66.2 Å². The van der Waals surface area contributed by atoms with Crippen molar-refractivity contribution in [1.82, 2.24) is 10.3 Å². The summed E-state index contributed by atoms with van der Waals surface area (Å²) in [5.74, 6) is 0. The number of nitrogens with one attached hydrogen (secondary N) is 1. The number of aromatic nitrogens is 1. The molecule has 0 aliphatic heterocycles. The fraction of sp³-hybridized carbons (Fsp3) is 0.188. The highest BCUT2D eigenvalue weighted by Crippen LogP contribution is 2.23. The molecule has 3 nitrogen and oxygen atoms in total. The SMILES string of the molecule is CNC(Cc1ccnc2ccccc12)c1ccoc1. The van der Waals surface area contributed by atoms with Gasteiger partial charge < -0.3 is 9.73 Å². The van der Waals surface area contributed by atoms with Crippen LogP contribution in [0.2, 0.25) is 0 Å². The zero-order valence-corrected chi connectivity index (χ0v) is 10.8. The van der Waals surface area contributed by atoms with Crippen LogP contribution < -0.4 is 5.32 Å². The van der Waals surface area contributed by atoms with Crippen molar-refractivity contribution in [2.45, 2.75) is 12.5 Å². The summed E-state index contributed by atoms with van der Waals surface area (Å²) in [6.07, 6.45) is 6.30. The van der Waals surface area contributed by atoms with Gasteiger partial charge in [0.1, 0.15) is 0 Å². The molecule has 3 heteroatoms. The van der Waals surface area contributed by atoms with Crippen LogP contribution in [0.1, 0.15) is 17.2 Å². The standard InChI is InChI=1S/C16H16N2O/c1-17-16(13-7-9-19-11-13)10-12-6-8-18-15-5-3-2-4-14(12)15/h2-9,11,16-17H,10H2,1H3. The predicted molar refractivity (Wildman–Crippen MR) is 76.0 cm³/mol. The number of rotatable bonds is 4. The van der Waals surface area contributed by atoms with Crippen LogP contribution in [-0.4, -0.2) is 12.0 Å². The van der Waals surface area contributed by atoms with Crippen molar-refractivity contribution in [3.8, 4) is 0 Å². The van der Waals surface area contributed by atoms with Crippen LogP contribution in [0, 0.1) is 0 Å². The van der Waals surface area contributed by atoms with E-state index < -0.39 is 0 Å². The molecule has 0 aliphatic carbocycles. The van der Waals surface area contributed by atoms with Gasteiger partial charge in [0.15, 0.2) is 0 Å². The Balaban J connectivity index is 1.96. The zero-order chi connectivity index (χ0) is 13.1. The Morgan fingerprint density at radius 2 is 2.11 bits per heavy atom. The van der Waals surface area contributed by atoms with Crippen molar-refractivity contribution < 1.29 is 4.42 Å². The molecule has 96 valence electrons. The van der Waals surface area contributed by atoms with Gasteiger partial charge in [0.25, 0.3) is 0 Å². The molecule has 1 N–H and O–H groups in total. The van der Waals surface area contributed by atoms with Gasteiger partial charge in [-0.05, 0) is 37.2 Å². The maximum Gasteiger partial charge on any atom is 0.0950 e. The highest BCUT2D eigenvalue weighted by molar-refractivity contribution is 5.81. The Morgan fingerprint density at radius 3 is 2.89 bits per heavy atom. The number of likely N-dealkylation sites (N-methyl/N-ethyl adjacent to an activating group) is 1. The third-order valence-corrected chi connectivity index (χ3v) is 3.46. The number of fused-ring (bicyclic) bond motifs is 1. The topological polar surface area (TPSA) is 38.1 Å². The summed E-state index contributed by atoms with van der Waals surface area (Å²) < 4.78 is 5.17. The molecule has 3 aromatic rings. The zero-order valence-electron chi connectivity index (χ0n) is 10.8. The van der Waals surface area contributed by atoms with Crippen LogP contribution in [0.3, 0.4) is 0 Å². The van der Waals surface area contributed by atoms with Crippen LogP contribution in [0.25, 0.3) is 10.9 Å². The van der Waals surface area contributed by atoms with Gasteiger partial charge in [0, 0.05) is 23.2 Å². The largest absolute Gasteiger partial charge is 0.472 e. The summed E-state index contributed by atoms with van der Waals surface area (Å²) in [7, 11) is 1.97. The molecule has 1 unspecified atom stereocenters. The number of furan rings is 1. The summed E-state index contributed by atoms with van der Waals surface area (Å²) in [4.78, 5) is 4.40. The monoisotopic (exact) mass is 252 g/mol. The molecular formula is C16H16N2O. The summed E-state index contributed by atoms with van der Waals surface area (Å²) in [6, 6.07) is 12.6. The van der Waals surface area contributed by atoms with Gasteiger partial charge in [-0.3, -0.25) is 4.98 Å². The predicted octanol–water partition coefficient (Wildman–Crippen LogP) is 3.33. The molecule has 2 aromatic heterocycles. The molecule has 2 heterocycles. The average Bonchev–Trinajstić information content (AvgIpc) is 2.99. The number of hydrogen-bond acceptors (Lipinski definition) is 3. The van der Waals surface area contributed by atoms with E-state index in [-0.39, 0.29) is 6.04 Å². The van der Waals surface area contributed by atoms with E-state index in [0.717, 1.165) is 11.9 Å². The first-order chi connectivity index (χ1) is 9.38. The maximum atomic E-state index is 5.17. The number of nitrogens with zero attached hydrogens (tertiary/aromatic N) is 1. The Hall–Kier alpha value is -2.13. The van der Waals surface area contributed by atoms with Gasteiger partial charge in [-0.15, -0.1) is 0 Å². The number of para-hydroxylation sites is 1. The highest BCUT2D eigenvalue weighted by atomic mass is 16.3. The van der Waals surface area contributed by atoms with Gasteiger partial charge in [-0.1, -0.05) is 18.2 Å². The molecule has 0 bridgehead atoms. The molecule has 19 heavy (non-hydrogen) atoms. The van der Waals surface area contributed by atoms with Crippen molar-refractivity contribution in [3.63, 3.8) is 0 Å². The minimum Gasteiger partial charge on any atom is -0.472 e. The van der Waals surface area contributed by atoms with Crippen LogP contribution in [0.5, 0.6) is 0 Å². The van der Waals surface area contributed by atoms with Crippen LogP contribution in [-0.2, 0) is 6.42 Å².